The molecule has 0 spiro atoms. The second kappa shape index (κ2) is 10.6. The molecule has 144 valence electrons. The van der Waals surface area contributed by atoms with Crippen LogP contribution in [0, 0.1) is 0 Å². The minimum absolute atomic E-state index is 0.262. The zero-order chi connectivity index (χ0) is 19.6. The molecule has 2 aromatic rings. The smallest absolute Gasteiger partial charge is 0.200 e. The maximum atomic E-state index is 6.07. The maximum absolute atomic E-state index is 6.07. The number of anilines is 1. The van der Waals surface area contributed by atoms with Crippen molar-refractivity contribution >= 4 is 29.0 Å². The molecular weight excluding hydrogens is 356 g/mol. The molecule has 0 aliphatic carbocycles. The van der Waals surface area contributed by atoms with Gasteiger partial charge in [0, 0.05) is 5.69 Å². The molecule has 0 saturated heterocycles. The Morgan fingerprint density at radius 1 is 1.07 bits per heavy atom. The van der Waals surface area contributed by atoms with Crippen LogP contribution < -0.4 is 16.4 Å². The number of ether oxygens (including phenoxy) is 1. The van der Waals surface area contributed by atoms with Gasteiger partial charge in [0.1, 0.15) is 6.23 Å². The van der Waals surface area contributed by atoms with Gasteiger partial charge in [0.05, 0.1) is 6.61 Å². The predicted octanol–water partition coefficient (Wildman–Crippen LogP) is 3.98. The lowest BCUT2D eigenvalue weighted by Crippen LogP contribution is -2.35. The highest BCUT2D eigenvalue weighted by molar-refractivity contribution is 7.80. The van der Waals surface area contributed by atoms with E-state index >= 15 is 0 Å². The van der Waals surface area contributed by atoms with E-state index < -0.39 is 0 Å². The first-order valence-electron chi connectivity index (χ1n) is 9.21. The van der Waals surface area contributed by atoms with Gasteiger partial charge in [-0.15, -0.1) is 0 Å². The molecule has 0 bridgehead atoms. The summed E-state index contributed by atoms with van der Waals surface area (Å²) >= 11 is 5.28. The zero-order valence-electron chi connectivity index (χ0n) is 16.2. The third-order valence-corrected chi connectivity index (χ3v) is 4.35. The van der Waals surface area contributed by atoms with Crippen LogP contribution in [0.2, 0.25) is 0 Å². The van der Waals surface area contributed by atoms with Crippen LogP contribution in [0.15, 0.2) is 53.5 Å². The van der Waals surface area contributed by atoms with E-state index in [9.17, 15) is 0 Å². The average molecular weight is 385 g/mol. The summed E-state index contributed by atoms with van der Waals surface area (Å²) in [6, 6.07) is 16.2. The highest BCUT2D eigenvalue weighted by atomic mass is 32.1. The van der Waals surface area contributed by atoms with Crippen LogP contribution in [0.25, 0.3) is 0 Å². The summed E-state index contributed by atoms with van der Waals surface area (Å²) in [5.41, 5.74) is 10.6. The summed E-state index contributed by atoms with van der Waals surface area (Å²) in [7, 11) is 0. The molecular formula is C21H28N4OS. The normalized spacial score (nSPS) is 12.5. The number of guanidine groups is 1. The second-order valence-electron chi connectivity index (χ2n) is 6.17. The molecule has 0 fully saturated rings. The van der Waals surface area contributed by atoms with Gasteiger partial charge < -0.3 is 21.1 Å². The topological polar surface area (TPSA) is 71.7 Å². The van der Waals surface area contributed by atoms with E-state index in [1.54, 1.807) is 0 Å². The summed E-state index contributed by atoms with van der Waals surface area (Å²) in [5, 5.41) is 6.51. The van der Waals surface area contributed by atoms with Gasteiger partial charge in [-0.2, -0.15) is 4.99 Å². The van der Waals surface area contributed by atoms with Crippen molar-refractivity contribution in [3.8, 4) is 0 Å². The number of benzene rings is 2. The number of aliphatic imine (C=N–C) groups is 1. The van der Waals surface area contributed by atoms with Gasteiger partial charge in [0.15, 0.2) is 5.11 Å². The first-order valence-corrected chi connectivity index (χ1v) is 9.62. The van der Waals surface area contributed by atoms with Crippen molar-refractivity contribution in [3.05, 3.63) is 65.2 Å². The number of aryl methyl sites for hydroxylation is 2. The number of nitrogens with zero attached hydrogens (tertiary/aromatic N) is 1. The Kier molecular flexibility index (Phi) is 8.23. The van der Waals surface area contributed by atoms with E-state index in [0.717, 1.165) is 24.1 Å². The molecule has 0 aliphatic heterocycles. The van der Waals surface area contributed by atoms with Crippen LogP contribution in [-0.4, -0.2) is 17.3 Å². The SMILES string of the molecule is CCc1cccc(CC)c1N/C(N)=N/C(=S)NC(C)OCc1ccccc1. The molecule has 0 aromatic heterocycles. The molecule has 1 unspecified atom stereocenters. The minimum atomic E-state index is -0.275. The first kappa shape index (κ1) is 20.9. The monoisotopic (exact) mass is 384 g/mol. The van der Waals surface area contributed by atoms with E-state index in [1.165, 1.54) is 11.1 Å². The van der Waals surface area contributed by atoms with Crippen molar-refractivity contribution in [2.75, 3.05) is 5.32 Å². The zero-order valence-corrected chi connectivity index (χ0v) is 17.0. The van der Waals surface area contributed by atoms with Gasteiger partial charge >= 0.3 is 0 Å². The van der Waals surface area contributed by atoms with Gasteiger partial charge in [-0.1, -0.05) is 62.4 Å². The fourth-order valence-electron chi connectivity index (χ4n) is 2.71. The third kappa shape index (κ3) is 6.66. The second-order valence-corrected chi connectivity index (χ2v) is 6.56. The highest BCUT2D eigenvalue weighted by Crippen LogP contribution is 2.22. The Hall–Kier alpha value is -2.44. The summed E-state index contributed by atoms with van der Waals surface area (Å²) in [6.45, 7) is 6.62. The minimum Gasteiger partial charge on any atom is -0.369 e. The number of hydrogen-bond donors (Lipinski definition) is 3. The molecule has 6 heteroatoms. The number of para-hydroxylation sites is 1. The lowest BCUT2D eigenvalue weighted by atomic mass is 10.0. The van der Waals surface area contributed by atoms with E-state index in [4.69, 9.17) is 22.7 Å². The molecule has 0 amide bonds. The number of thiocarbonyl (C=S) groups is 1. The van der Waals surface area contributed by atoms with Crippen LogP contribution in [0.4, 0.5) is 5.69 Å². The maximum Gasteiger partial charge on any atom is 0.200 e. The number of nitrogens with two attached hydrogens (primary N) is 1. The Labute approximate surface area is 167 Å². The molecule has 27 heavy (non-hydrogen) atoms. The summed E-state index contributed by atoms with van der Waals surface area (Å²) in [6.07, 6.45) is 1.55. The van der Waals surface area contributed by atoms with Crippen LogP contribution in [0.3, 0.4) is 0 Å². The van der Waals surface area contributed by atoms with Crippen molar-refractivity contribution in [2.45, 2.75) is 46.4 Å². The fourth-order valence-corrected chi connectivity index (χ4v) is 2.98. The van der Waals surface area contributed by atoms with E-state index in [1.807, 2.05) is 37.3 Å². The molecule has 5 nitrogen and oxygen atoms in total. The van der Waals surface area contributed by atoms with Gasteiger partial charge in [-0.3, -0.25) is 0 Å². The average Bonchev–Trinajstić information content (AvgIpc) is 2.67. The van der Waals surface area contributed by atoms with Crippen molar-refractivity contribution in [1.82, 2.24) is 5.32 Å². The molecule has 2 rings (SSSR count). The lowest BCUT2D eigenvalue weighted by molar-refractivity contribution is 0.0439. The standard InChI is InChI=1S/C21H28N4OS/c1-4-17-12-9-13-18(5-2)19(17)24-20(22)25-21(27)23-15(3)26-14-16-10-7-6-8-11-16/h6-13,15H,4-5,14H2,1-3H3,(H4,22,23,24,25,27). The summed E-state index contributed by atoms with van der Waals surface area (Å²) < 4.78 is 5.74. The predicted molar refractivity (Wildman–Crippen MR) is 117 cm³/mol. The third-order valence-electron chi connectivity index (χ3n) is 4.14. The number of rotatable bonds is 7. The van der Waals surface area contributed by atoms with E-state index in [0.29, 0.717) is 6.61 Å². The molecule has 0 heterocycles. The summed E-state index contributed by atoms with van der Waals surface area (Å²) in [5.74, 6) is 0.262. The molecule has 4 N–H and O–H groups in total. The van der Waals surface area contributed by atoms with Crippen molar-refractivity contribution in [2.24, 2.45) is 10.7 Å². The van der Waals surface area contributed by atoms with Gasteiger partial charge in [0.25, 0.3) is 0 Å². The molecule has 0 aliphatic rings. The van der Waals surface area contributed by atoms with Gasteiger partial charge in [0.2, 0.25) is 5.96 Å². The highest BCUT2D eigenvalue weighted by Gasteiger charge is 2.09. The Morgan fingerprint density at radius 2 is 1.70 bits per heavy atom. The fraction of sp³-hybridized carbons (Fsp3) is 0.333. The van der Waals surface area contributed by atoms with Gasteiger partial charge in [-0.05, 0) is 48.7 Å². The van der Waals surface area contributed by atoms with Crippen LogP contribution in [0.5, 0.6) is 0 Å². The summed E-state index contributed by atoms with van der Waals surface area (Å²) in [4.78, 5) is 4.24. The first-order chi connectivity index (χ1) is 13.0. The van der Waals surface area contributed by atoms with E-state index in [2.05, 4.69) is 47.7 Å². The van der Waals surface area contributed by atoms with Crippen molar-refractivity contribution in [3.63, 3.8) is 0 Å². The molecule has 1 atom stereocenters. The Bertz CT molecular complexity index is 755. The molecule has 2 aromatic carbocycles. The lowest BCUT2D eigenvalue weighted by Gasteiger charge is -2.17. The van der Waals surface area contributed by atoms with Gasteiger partial charge in [-0.25, -0.2) is 0 Å². The van der Waals surface area contributed by atoms with Crippen molar-refractivity contribution < 1.29 is 4.74 Å². The quantitative estimate of drug-likeness (QED) is 0.292. The number of nitrogens with one attached hydrogen (secondary N) is 2. The van der Waals surface area contributed by atoms with Crippen molar-refractivity contribution in [1.29, 1.82) is 0 Å². The molecule has 0 saturated carbocycles. The Balaban J connectivity index is 1.92. The van der Waals surface area contributed by atoms with E-state index in [-0.39, 0.29) is 17.3 Å². The molecule has 0 radical (unpaired) electrons. The van der Waals surface area contributed by atoms with Crippen LogP contribution in [-0.2, 0) is 24.2 Å². The number of hydrogen-bond acceptors (Lipinski definition) is 2. The van der Waals surface area contributed by atoms with Crippen LogP contribution in [0.1, 0.15) is 37.5 Å². The largest absolute Gasteiger partial charge is 0.369 e. The van der Waals surface area contributed by atoms with Crippen LogP contribution >= 0.6 is 12.2 Å². The Morgan fingerprint density at radius 3 is 2.30 bits per heavy atom.